The van der Waals surface area contributed by atoms with Crippen LogP contribution in [0.5, 0.6) is 5.75 Å². The third kappa shape index (κ3) is 3.96. The van der Waals surface area contributed by atoms with Crippen molar-refractivity contribution in [3.63, 3.8) is 0 Å². The number of para-hydroxylation sites is 1. The molecular formula is C41H36N6O5. The zero-order chi connectivity index (χ0) is 34.9. The highest BCUT2D eigenvalue weighted by Crippen LogP contribution is 2.61. The predicted molar refractivity (Wildman–Crippen MR) is 192 cm³/mol. The third-order valence-corrected chi connectivity index (χ3v) is 11.9. The van der Waals surface area contributed by atoms with Crippen LogP contribution >= 0.6 is 0 Å². The van der Waals surface area contributed by atoms with Gasteiger partial charge in [0.15, 0.2) is 23.4 Å². The highest BCUT2D eigenvalue weighted by molar-refractivity contribution is 6.07. The van der Waals surface area contributed by atoms with Crippen molar-refractivity contribution in [3.8, 4) is 39.8 Å². The number of rotatable bonds is 3. The number of carbonyl (C=O) groups is 2. The van der Waals surface area contributed by atoms with Crippen molar-refractivity contribution >= 4 is 28.4 Å². The van der Waals surface area contributed by atoms with Crippen LogP contribution < -0.4 is 20.7 Å². The van der Waals surface area contributed by atoms with Crippen LogP contribution in [-0.4, -0.2) is 39.0 Å². The van der Waals surface area contributed by atoms with Gasteiger partial charge in [-0.25, -0.2) is 9.97 Å². The minimum atomic E-state index is -1.01. The van der Waals surface area contributed by atoms with E-state index >= 15 is 0 Å². The number of ether oxygens (including phenoxy) is 1. The van der Waals surface area contributed by atoms with Crippen molar-refractivity contribution in [2.45, 2.75) is 69.7 Å². The monoisotopic (exact) mass is 692 g/mol. The zero-order valence-corrected chi connectivity index (χ0v) is 28.7. The number of nitrogens with zero attached hydrogens (tertiary/aromatic N) is 2. The van der Waals surface area contributed by atoms with Crippen LogP contribution in [0.3, 0.4) is 0 Å². The summed E-state index contributed by atoms with van der Waals surface area (Å²) < 4.78 is 20.5. The first-order valence-electron chi connectivity index (χ1n) is 18.3. The standard InChI is InChI=1S/C41H36N6O5/c1-19(2)32-39-46-34-35(52-39)41-25-11-5-10-23(22-9-6-12-27-31(22)24(17-42-27)30-18-43-38(34)50-30)33(25)47-40(41)51-29-14-13-20(15-26(29)41)16-28(37(49)45-32)44-36(48)21-7-3-4-8-21/h5-6,9-15,17-19,21,28,32,40,42,47H,3-4,7-8,16H2,1-2H3,(H,44,48)(H,45,49)/t28-,32-,40?,41-/m0/s1. The Morgan fingerprint density at radius 1 is 0.981 bits per heavy atom. The molecule has 6 aromatic rings. The molecule has 2 amide bonds. The van der Waals surface area contributed by atoms with E-state index in [0.29, 0.717) is 41.2 Å². The van der Waals surface area contributed by atoms with Gasteiger partial charge >= 0.3 is 0 Å². The summed E-state index contributed by atoms with van der Waals surface area (Å²) in [4.78, 5) is 41.2. The summed E-state index contributed by atoms with van der Waals surface area (Å²) in [5.41, 5.74) is 7.05. The molecular weight excluding hydrogens is 656 g/mol. The highest BCUT2D eigenvalue weighted by Gasteiger charge is 2.61. The number of hydrogen-bond acceptors (Lipinski definition) is 8. The predicted octanol–water partition coefficient (Wildman–Crippen LogP) is 6.98. The van der Waals surface area contributed by atoms with Gasteiger partial charge in [0, 0.05) is 57.4 Å². The van der Waals surface area contributed by atoms with E-state index in [4.69, 9.17) is 23.5 Å². The molecule has 7 heterocycles. The van der Waals surface area contributed by atoms with Crippen LogP contribution in [0, 0.1) is 11.8 Å². The Balaban J connectivity index is 1.20. The number of aromatic amines is 1. The number of carbonyl (C=O) groups excluding carboxylic acids is 2. The Labute approximate surface area is 298 Å². The molecule has 1 aliphatic carbocycles. The number of nitrogens with one attached hydrogen (secondary N) is 4. The van der Waals surface area contributed by atoms with E-state index < -0.39 is 23.7 Å². The average Bonchev–Trinajstić information content (AvgIpc) is 3.99. The molecule has 4 N–H and O–H groups in total. The zero-order valence-electron chi connectivity index (χ0n) is 28.7. The van der Waals surface area contributed by atoms with Gasteiger partial charge in [0.25, 0.3) is 0 Å². The first-order valence-corrected chi connectivity index (χ1v) is 18.3. The van der Waals surface area contributed by atoms with Crippen molar-refractivity contribution < 1.29 is 23.2 Å². The lowest BCUT2D eigenvalue weighted by atomic mass is 9.72. The number of anilines is 1. The summed E-state index contributed by atoms with van der Waals surface area (Å²) >= 11 is 0. The lowest BCUT2D eigenvalue weighted by Crippen LogP contribution is -2.50. The van der Waals surface area contributed by atoms with E-state index in [1.807, 2.05) is 32.2 Å². The van der Waals surface area contributed by atoms with Crippen molar-refractivity contribution in [2.24, 2.45) is 11.8 Å². The summed E-state index contributed by atoms with van der Waals surface area (Å²) in [6.07, 6.45) is 7.14. The van der Waals surface area contributed by atoms with E-state index in [9.17, 15) is 9.59 Å². The Morgan fingerprint density at radius 3 is 2.69 bits per heavy atom. The molecule has 11 rings (SSSR count). The van der Waals surface area contributed by atoms with Crippen LogP contribution in [-0.2, 0) is 21.4 Å². The van der Waals surface area contributed by atoms with Gasteiger partial charge in [-0.1, -0.05) is 69.2 Å². The molecule has 3 aromatic heterocycles. The third-order valence-electron chi connectivity index (χ3n) is 11.9. The second kappa shape index (κ2) is 10.6. The van der Waals surface area contributed by atoms with Crippen LogP contribution in [0.2, 0.25) is 0 Å². The van der Waals surface area contributed by atoms with Crippen LogP contribution in [0.25, 0.3) is 44.9 Å². The minimum absolute atomic E-state index is 0.0700. The van der Waals surface area contributed by atoms with E-state index in [0.717, 1.165) is 75.7 Å². The van der Waals surface area contributed by atoms with Gasteiger partial charge in [-0.05, 0) is 42.0 Å². The number of benzene rings is 3. The van der Waals surface area contributed by atoms with E-state index in [1.165, 1.54) is 0 Å². The molecule has 5 aliphatic rings. The van der Waals surface area contributed by atoms with Crippen molar-refractivity contribution in [1.82, 2.24) is 25.6 Å². The van der Waals surface area contributed by atoms with Crippen LogP contribution in [0.1, 0.15) is 73.9 Å². The molecule has 0 radical (unpaired) electrons. The number of H-pyrrole nitrogens is 1. The molecule has 1 fully saturated rings. The highest BCUT2D eigenvalue weighted by atomic mass is 16.5. The minimum Gasteiger partial charge on any atom is -0.469 e. The number of oxazole rings is 2. The van der Waals surface area contributed by atoms with Gasteiger partial charge < -0.3 is 34.5 Å². The summed E-state index contributed by atoms with van der Waals surface area (Å²) in [6, 6.07) is 17.2. The maximum Gasteiger partial charge on any atom is 0.249 e. The summed E-state index contributed by atoms with van der Waals surface area (Å²) in [7, 11) is 0. The van der Waals surface area contributed by atoms with E-state index in [1.54, 1.807) is 6.20 Å². The van der Waals surface area contributed by atoms with Crippen molar-refractivity contribution in [1.29, 1.82) is 0 Å². The van der Waals surface area contributed by atoms with Gasteiger partial charge in [-0.15, -0.1) is 0 Å². The van der Waals surface area contributed by atoms with E-state index in [2.05, 4.69) is 63.4 Å². The number of amides is 2. The Kier molecular flexibility index (Phi) is 6.08. The molecule has 4 atom stereocenters. The fourth-order valence-electron chi connectivity index (χ4n) is 9.33. The normalized spacial score (nSPS) is 23.8. The summed E-state index contributed by atoms with van der Waals surface area (Å²) in [6.45, 7) is 4.04. The topological polar surface area (TPSA) is 147 Å². The molecule has 10 bridgehead atoms. The Bertz CT molecular complexity index is 2490. The number of fused-ring (bicyclic) bond motifs is 7. The molecule has 52 heavy (non-hydrogen) atoms. The molecule has 3 aromatic carbocycles. The van der Waals surface area contributed by atoms with Gasteiger partial charge in [0.05, 0.1) is 6.20 Å². The average molecular weight is 693 g/mol. The van der Waals surface area contributed by atoms with Crippen molar-refractivity contribution in [2.75, 3.05) is 5.32 Å². The SMILES string of the molecule is CC(C)[C@@H]1NC(=O)[C@@H](NC(=O)C2CCCC2)Cc2ccc3c(c2)[C@]24c5cccc(c5NC2O3)-c2cccc3[nH]cc(c23)-c2cnc(o2)-c2nc1oc24. The van der Waals surface area contributed by atoms with Gasteiger partial charge in [0.2, 0.25) is 23.6 Å². The quantitative estimate of drug-likeness (QED) is 0.155. The summed E-state index contributed by atoms with van der Waals surface area (Å²) in [5.74, 6) is 1.92. The lowest BCUT2D eigenvalue weighted by Gasteiger charge is -2.29. The molecule has 260 valence electrons. The maximum absolute atomic E-state index is 14.2. The molecule has 1 unspecified atom stereocenters. The van der Waals surface area contributed by atoms with Crippen LogP contribution in [0.15, 0.2) is 75.8 Å². The van der Waals surface area contributed by atoms with Crippen LogP contribution in [0.4, 0.5) is 5.69 Å². The van der Waals surface area contributed by atoms with E-state index in [-0.39, 0.29) is 23.7 Å². The second-order valence-electron chi connectivity index (χ2n) is 15.2. The Hall–Kier alpha value is -5.84. The number of hydrogen-bond donors (Lipinski definition) is 4. The molecule has 11 nitrogen and oxygen atoms in total. The first-order chi connectivity index (χ1) is 25.4. The van der Waals surface area contributed by atoms with Gasteiger partial charge in [0.1, 0.15) is 23.2 Å². The molecule has 1 spiro atoms. The van der Waals surface area contributed by atoms with Gasteiger partial charge in [-0.3, -0.25) is 9.59 Å². The summed E-state index contributed by atoms with van der Waals surface area (Å²) in [5, 5.41) is 11.2. The first kappa shape index (κ1) is 29.8. The maximum atomic E-state index is 14.2. The Morgan fingerprint density at radius 2 is 1.83 bits per heavy atom. The molecule has 0 saturated heterocycles. The number of aromatic nitrogens is 3. The fourth-order valence-corrected chi connectivity index (χ4v) is 9.33. The molecule has 11 heteroatoms. The fraction of sp³-hybridized carbons (Fsp3) is 0.317. The largest absolute Gasteiger partial charge is 0.469 e. The van der Waals surface area contributed by atoms with Crippen molar-refractivity contribution in [3.05, 3.63) is 95.3 Å². The smallest absolute Gasteiger partial charge is 0.249 e. The van der Waals surface area contributed by atoms with Gasteiger partial charge in [-0.2, -0.15) is 0 Å². The molecule has 4 aliphatic heterocycles. The lowest BCUT2D eigenvalue weighted by molar-refractivity contribution is -0.131. The second-order valence-corrected chi connectivity index (χ2v) is 15.2. The molecule has 1 saturated carbocycles.